The first-order chi connectivity index (χ1) is 7.83. The van der Waals surface area contributed by atoms with Gasteiger partial charge in [0.15, 0.2) is 0 Å². The zero-order valence-electron chi connectivity index (χ0n) is 10.8. The van der Waals surface area contributed by atoms with Gasteiger partial charge in [0.2, 0.25) is 0 Å². The van der Waals surface area contributed by atoms with E-state index >= 15 is 0 Å². The van der Waals surface area contributed by atoms with Crippen molar-refractivity contribution in [3.8, 4) is 0 Å². The van der Waals surface area contributed by atoms with Gasteiger partial charge < -0.3 is 20.2 Å². The van der Waals surface area contributed by atoms with Crippen LogP contribution in [0.3, 0.4) is 0 Å². The van der Waals surface area contributed by atoms with Crippen LogP contribution in [0.5, 0.6) is 0 Å². The number of carbonyl (C=O) groups excluding carboxylic acids is 1. The lowest BCUT2D eigenvalue weighted by Gasteiger charge is -2.33. The summed E-state index contributed by atoms with van der Waals surface area (Å²) in [7, 11) is 0. The average Bonchev–Trinajstić information content (AvgIpc) is 2.26. The molecule has 0 aliphatic carbocycles. The zero-order chi connectivity index (χ0) is 13.1. The number of hydrogen-bond donors (Lipinski definition) is 2. The number of nitrogens with zero attached hydrogens (tertiary/aromatic N) is 1. The van der Waals surface area contributed by atoms with Gasteiger partial charge in [0.1, 0.15) is 5.60 Å². The maximum atomic E-state index is 11.8. The maximum Gasteiger partial charge on any atom is 0.410 e. The van der Waals surface area contributed by atoms with Gasteiger partial charge in [-0.25, -0.2) is 4.79 Å². The van der Waals surface area contributed by atoms with Crippen LogP contribution in [0.4, 0.5) is 4.79 Å². The Kier molecular flexibility index (Phi) is 4.51. The maximum absolute atomic E-state index is 11.8. The molecule has 1 aliphatic heterocycles. The van der Waals surface area contributed by atoms with Crippen LogP contribution in [0.25, 0.3) is 0 Å². The van der Waals surface area contributed by atoms with Gasteiger partial charge in [0, 0.05) is 24.7 Å². The standard InChI is InChI=1S/C12H22N2O3/c1-12(2,3)17-11(16)14-6-4-9(5-7-14)10(13)8-15/h9,13,15H,4-8H2,1-3H3. The highest BCUT2D eigenvalue weighted by Crippen LogP contribution is 2.20. The summed E-state index contributed by atoms with van der Waals surface area (Å²) in [6.07, 6.45) is 1.18. The van der Waals surface area contributed by atoms with E-state index in [0.29, 0.717) is 18.8 Å². The molecule has 0 unspecified atom stereocenters. The minimum absolute atomic E-state index is 0.110. The highest BCUT2D eigenvalue weighted by atomic mass is 16.6. The molecular weight excluding hydrogens is 220 g/mol. The highest BCUT2D eigenvalue weighted by molar-refractivity contribution is 5.85. The first-order valence-corrected chi connectivity index (χ1v) is 5.99. The Morgan fingerprint density at radius 3 is 2.35 bits per heavy atom. The van der Waals surface area contributed by atoms with E-state index in [9.17, 15) is 4.79 Å². The predicted molar refractivity (Wildman–Crippen MR) is 65.3 cm³/mol. The molecule has 1 rings (SSSR count). The molecule has 0 aromatic rings. The van der Waals surface area contributed by atoms with Gasteiger partial charge in [0.25, 0.3) is 0 Å². The fourth-order valence-corrected chi connectivity index (χ4v) is 1.87. The summed E-state index contributed by atoms with van der Waals surface area (Å²) in [5.41, 5.74) is -0.0972. The molecule has 1 aliphatic rings. The lowest BCUT2D eigenvalue weighted by molar-refractivity contribution is 0.0200. The Morgan fingerprint density at radius 1 is 1.41 bits per heavy atom. The number of rotatable bonds is 2. The topological polar surface area (TPSA) is 73.6 Å². The molecule has 0 bridgehead atoms. The van der Waals surface area contributed by atoms with Crippen molar-refractivity contribution >= 4 is 11.8 Å². The van der Waals surface area contributed by atoms with Crippen molar-refractivity contribution < 1.29 is 14.6 Å². The van der Waals surface area contributed by atoms with E-state index in [1.54, 1.807) is 4.90 Å². The first kappa shape index (κ1) is 14.0. The van der Waals surface area contributed by atoms with Gasteiger partial charge in [-0.3, -0.25) is 0 Å². The van der Waals surface area contributed by atoms with Gasteiger partial charge in [0.05, 0.1) is 6.61 Å². The van der Waals surface area contributed by atoms with Gasteiger partial charge in [-0.2, -0.15) is 0 Å². The number of carbonyl (C=O) groups is 1. The van der Waals surface area contributed by atoms with Crippen LogP contribution in [0.1, 0.15) is 33.6 Å². The molecular formula is C12H22N2O3. The molecule has 5 nitrogen and oxygen atoms in total. The Labute approximate surface area is 102 Å². The number of amides is 1. The molecule has 0 aromatic carbocycles. The SMILES string of the molecule is CC(C)(C)OC(=O)N1CCC(C(=N)CO)CC1. The summed E-state index contributed by atoms with van der Waals surface area (Å²) in [6, 6.07) is 0. The van der Waals surface area contributed by atoms with Crippen LogP contribution in [0, 0.1) is 11.3 Å². The minimum atomic E-state index is -0.467. The second kappa shape index (κ2) is 5.49. The Bertz CT molecular complexity index is 289. The van der Waals surface area contributed by atoms with Gasteiger partial charge in [-0.1, -0.05) is 0 Å². The number of hydrogen-bond acceptors (Lipinski definition) is 4. The molecule has 17 heavy (non-hydrogen) atoms. The van der Waals surface area contributed by atoms with Crippen molar-refractivity contribution in [1.29, 1.82) is 5.41 Å². The number of aliphatic hydroxyl groups is 1. The summed E-state index contributed by atoms with van der Waals surface area (Å²) < 4.78 is 5.28. The number of likely N-dealkylation sites (tertiary alicyclic amines) is 1. The largest absolute Gasteiger partial charge is 0.444 e. The molecule has 0 spiro atoms. The van der Waals surface area contributed by atoms with E-state index in [1.807, 2.05) is 20.8 Å². The van der Waals surface area contributed by atoms with Gasteiger partial charge in [-0.05, 0) is 33.6 Å². The fraction of sp³-hybridized carbons (Fsp3) is 0.833. The third-order valence-electron chi connectivity index (χ3n) is 2.81. The summed E-state index contributed by atoms with van der Waals surface area (Å²) in [4.78, 5) is 13.4. The minimum Gasteiger partial charge on any atom is -0.444 e. The smallest absolute Gasteiger partial charge is 0.410 e. The second-order valence-corrected chi connectivity index (χ2v) is 5.43. The lowest BCUT2D eigenvalue weighted by atomic mass is 9.92. The van der Waals surface area contributed by atoms with Gasteiger partial charge in [-0.15, -0.1) is 0 Å². The third kappa shape index (κ3) is 4.34. The summed E-state index contributed by atoms with van der Waals surface area (Å²) >= 11 is 0. The monoisotopic (exact) mass is 242 g/mol. The molecule has 2 N–H and O–H groups in total. The van der Waals surface area contributed by atoms with Crippen LogP contribution in [-0.2, 0) is 4.74 Å². The summed E-state index contributed by atoms with van der Waals surface area (Å²) in [6.45, 7) is 6.55. The zero-order valence-corrected chi connectivity index (χ0v) is 10.8. The molecule has 0 aromatic heterocycles. The van der Waals surface area contributed by atoms with E-state index in [-0.39, 0.29) is 18.6 Å². The van der Waals surface area contributed by atoms with E-state index in [4.69, 9.17) is 15.3 Å². The molecule has 1 saturated heterocycles. The molecule has 5 heteroatoms. The van der Waals surface area contributed by atoms with Crippen molar-refractivity contribution in [3.63, 3.8) is 0 Å². The lowest BCUT2D eigenvalue weighted by Crippen LogP contribution is -2.43. The Balaban J connectivity index is 2.42. The molecule has 1 amide bonds. The number of aliphatic hydroxyl groups excluding tert-OH is 1. The molecule has 1 heterocycles. The fourth-order valence-electron chi connectivity index (χ4n) is 1.87. The number of nitrogens with one attached hydrogen (secondary N) is 1. The molecule has 98 valence electrons. The third-order valence-corrected chi connectivity index (χ3v) is 2.81. The second-order valence-electron chi connectivity index (χ2n) is 5.43. The van der Waals surface area contributed by atoms with Crippen molar-refractivity contribution in [3.05, 3.63) is 0 Å². The number of piperidine rings is 1. The van der Waals surface area contributed by atoms with Crippen LogP contribution in [0.2, 0.25) is 0 Å². The van der Waals surface area contributed by atoms with E-state index < -0.39 is 5.60 Å². The first-order valence-electron chi connectivity index (χ1n) is 5.99. The van der Waals surface area contributed by atoms with E-state index in [2.05, 4.69) is 0 Å². The summed E-state index contributed by atoms with van der Waals surface area (Å²) in [5.74, 6) is 0.110. The van der Waals surface area contributed by atoms with Crippen LogP contribution < -0.4 is 0 Å². The molecule has 0 radical (unpaired) electrons. The normalized spacial score (nSPS) is 18.0. The van der Waals surface area contributed by atoms with Crippen molar-refractivity contribution in [2.75, 3.05) is 19.7 Å². The van der Waals surface area contributed by atoms with Crippen molar-refractivity contribution in [1.82, 2.24) is 4.90 Å². The Hall–Kier alpha value is -1.10. The van der Waals surface area contributed by atoms with Crippen LogP contribution in [0.15, 0.2) is 0 Å². The molecule has 0 atom stereocenters. The van der Waals surface area contributed by atoms with E-state index in [1.165, 1.54) is 0 Å². The van der Waals surface area contributed by atoms with Crippen molar-refractivity contribution in [2.45, 2.75) is 39.2 Å². The van der Waals surface area contributed by atoms with Crippen LogP contribution in [-0.4, -0.2) is 47.1 Å². The Morgan fingerprint density at radius 2 is 1.94 bits per heavy atom. The summed E-state index contributed by atoms with van der Waals surface area (Å²) in [5, 5.41) is 16.4. The van der Waals surface area contributed by atoms with Crippen LogP contribution >= 0.6 is 0 Å². The quantitative estimate of drug-likeness (QED) is 0.723. The van der Waals surface area contributed by atoms with E-state index in [0.717, 1.165) is 12.8 Å². The van der Waals surface area contributed by atoms with Gasteiger partial charge >= 0.3 is 6.09 Å². The molecule has 1 fully saturated rings. The molecule has 0 saturated carbocycles. The highest BCUT2D eigenvalue weighted by Gasteiger charge is 2.28. The predicted octanol–water partition coefficient (Wildman–Crippen LogP) is 1.65. The van der Waals surface area contributed by atoms with Crippen molar-refractivity contribution in [2.24, 2.45) is 5.92 Å². The number of ether oxygens (including phenoxy) is 1. The average molecular weight is 242 g/mol.